The van der Waals surface area contributed by atoms with Gasteiger partial charge < -0.3 is 14.0 Å². The van der Waals surface area contributed by atoms with Crippen LogP contribution in [0.4, 0.5) is 0 Å². The molecule has 0 radical (unpaired) electrons. The average molecular weight is 740 g/mol. The minimum Gasteiger partial charge on any atom is -0.460 e. The van der Waals surface area contributed by atoms with Crippen molar-refractivity contribution < 1.29 is 14.3 Å². The Morgan fingerprint density at radius 2 is 1.15 bits per heavy atom. The molecule has 1 heterocycles. The first-order chi connectivity index (χ1) is 26.8. The molecule has 292 valence electrons. The molecule has 4 nitrogen and oxygen atoms in total. The zero-order valence-electron chi connectivity index (χ0n) is 34.5. The number of rotatable bonds is 22. The highest BCUT2D eigenvalue weighted by atomic mass is 16.6. The first-order valence-electron chi connectivity index (χ1n) is 21.5. The Labute approximate surface area is 331 Å². The highest BCUT2D eigenvalue weighted by molar-refractivity contribution is 6.09. The molecular formula is C51H65NO3. The molecule has 0 aliphatic heterocycles. The van der Waals surface area contributed by atoms with Crippen molar-refractivity contribution in [3.8, 4) is 22.3 Å². The summed E-state index contributed by atoms with van der Waals surface area (Å²) in [5.74, 6) is -0.374. The number of carbonyl (C=O) groups excluding carboxylic acids is 1. The van der Waals surface area contributed by atoms with Gasteiger partial charge in [-0.15, -0.1) is 0 Å². The van der Waals surface area contributed by atoms with Gasteiger partial charge in [0.2, 0.25) is 0 Å². The minimum atomic E-state index is -0.374. The first-order valence-corrected chi connectivity index (χ1v) is 21.5. The van der Waals surface area contributed by atoms with Gasteiger partial charge in [0.25, 0.3) is 0 Å². The molecule has 0 spiro atoms. The molecule has 0 N–H and O–H groups in total. The number of hydrogen-bond acceptors (Lipinski definition) is 3. The summed E-state index contributed by atoms with van der Waals surface area (Å²) in [6.07, 6.45) is 18.4. The summed E-state index contributed by atoms with van der Waals surface area (Å²) in [6, 6.07) is 28.5. The predicted molar refractivity (Wildman–Crippen MR) is 233 cm³/mol. The normalized spacial score (nSPS) is 13.0. The number of aryl methyl sites for hydroxylation is 2. The number of carbonyl (C=O) groups is 1. The zero-order valence-corrected chi connectivity index (χ0v) is 34.5. The van der Waals surface area contributed by atoms with Crippen LogP contribution in [0.15, 0.2) is 84.9 Å². The van der Waals surface area contributed by atoms with Gasteiger partial charge in [0.1, 0.15) is 6.61 Å². The molecule has 0 amide bonds. The molecule has 55 heavy (non-hydrogen) atoms. The quantitative estimate of drug-likeness (QED) is 0.0403. The Bertz CT molecular complexity index is 2070. The van der Waals surface area contributed by atoms with Crippen molar-refractivity contribution in [2.24, 2.45) is 0 Å². The van der Waals surface area contributed by atoms with E-state index < -0.39 is 0 Å². The van der Waals surface area contributed by atoms with E-state index in [4.69, 9.17) is 9.47 Å². The molecule has 0 fully saturated rings. The van der Waals surface area contributed by atoms with Gasteiger partial charge in [0, 0.05) is 39.3 Å². The van der Waals surface area contributed by atoms with Gasteiger partial charge in [-0.3, -0.25) is 0 Å². The van der Waals surface area contributed by atoms with Gasteiger partial charge in [0.15, 0.2) is 0 Å². The fourth-order valence-corrected chi connectivity index (χ4v) is 9.08. The molecule has 4 aromatic carbocycles. The predicted octanol–water partition coefficient (Wildman–Crippen LogP) is 14.0. The lowest BCUT2D eigenvalue weighted by Crippen LogP contribution is -2.25. The van der Waals surface area contributed by atoms with E-state index in [9.17, 15) is 4.79 Å². The number of hydrogen-bond donors (Lipinski definition) is 0. The number of unbranched alkanes of at least 4 members (excludes halogenated alkanes) is 10. The highest BCUT2D eigenvalue weighted by Crippen LogP contribution is 2.55. The second-order valence-corrected chi connectivity index (χ2v) is 16.4. The van der Waals surface area contributed by atoms with E-state index in [1.807, 2.05) is 0 Å². The molecule has 0 saturated carbocycles. The van der Waals surface area contributed by atoms with Crippen LogP contribution in [0.1, 0.15) is 133 Å². The van der Waals surface area contributed by atoms with Crippen LogP contribution in [0.5, 0.6) is 0 Å². The van der Waals surface area contributed by atoms with Crippen molar-refractivity contribution >= 4 is 27.8 Å². The smallest absolute Gasteiger partial charge is 0.333 e. The van der Waals surface area contributed by atoms with Gasteiger partial charge in [0.05, 0.1) is 13.2 Å². The maximum Gasteiger partial charge on any atom is 0.333 e. The van der Waals surface area contributed by atoms with Crippen LogP contribution in [0.2, 0.25) is 0 Å². The van der Waals surface area contributed by atoms with Crippen LogP contribution in [-0.2, 0) is 26.2 Å². The zero-order chi connectivity index (χ0) is 38.8. The minimum absolute atomic E-state index is 0.0578. The Kier molecular flexibility index (Phi) is 14.1. The third-order valence-corrected chi connectivity index (χ3v) is 12.1. The second-order valence-electron chi connectivity index (χ2n) is 16.4. The third-order valence-electron chi connectivity index (χ3n) is 12.1. The van der Waals surface area contributed by atoms with Gasteiger partial charge >= 0.3 is 5.97 Å². The molecule has 1 aliphatic carbocycles. The van der Waals surface area contributed by atoms with Crippen LogP contribution >= 0.6 is 0 Å². The van der Waals surface area contributed by atoms with Crippen LogP contribution in [-0.4, -0.2) is 30.4 Å². The molecule has 6 rings (SSSR count). The molecule has 4 heteroatoms. The fourth-order valence-electron chi connectivity index (χ4n) is 9.08. The summed E-state index contributed by atoms with van der Waals surface area (Å²) in [5.41, 5.74) is 14.1. The third kappa shape index (κ3) is 9.29. The lowest BCUT2D eigenvalue weighted by Gasteiger charge is -2.33. The van der Waals surface area contributed by atoms with E-state index in [1.165, 1.54) is 145 Å². The van der Waals surface area contributed by atoms with Gasteiger partial charge in [-0.2, -0.15) is 0 Å². The lowest BCUT2D eigenvalue weighted by molar-refractivity contribution is -0.140. The molecule has 5 aromatic rings. The number of ether oxygens (including phenoxy) is 2. The van der Waals surface area contributed by atoms with Crippen LogP contribution in [0.25, 0.3) is 44.1 Å². The van der Waals surface area contributed by atoms with Crippen LogP contribution < -0.4 is 0 Å². The molecular weight excluding hydrogens is 675 g/mol. The second kappa shape index (κ2) is 19.1. The van der Waals surface area contributed by atoms with Crippen LogP contribution in [0.3, 0.4) is 0 Å². The Hall–Kier alpha value is -4.15. The Morgan fingerprint density at radius 1 is 0.618 bits per heavy atom. The topological polar surface area (TPSA) is 40.5 Å². The van der Waals surface area contributed by atoms with Crippen LogP contribution in [0, 0.1) is 13.8 Å². The Balaban J connectivity index is 1.33. The van der Waals surface area contributed by atoms with Gasteiger partial charge in [-0.25, -0.2) is 4.79 Å². The van der Waals surface area contributed by atoms with Crippen molar-refractivity contribution in [3.63, 3.8) is 0 Å². The lowest BCUT2D eigenvalue weighted by atomic mass is 9.70. The van der Waals surface area contributed by atoms with E-state index in [0.717, 1.165) is 0 Å². The Morgan fingerprint density at radius 3 is 1.82 bits per heavy atom. The first kappa shape index (κ1) is 40.5. The van der Waals surface area contributed by atoms with Crippen molar-refractivity contribution in [3.05, 3.63) is 107 Å². The number of nitrogens with zero attached hydrogens (tertiary/aromatic N) is 1. The number of aromatic nitrogens is 1. The van der Waals surface area contributed by atoms with E-state index >= 15 is 0 Å². The number of benzene rings is 4. The summed E-state index contributed by atoms with van der Waals surface area (Å²) in [7, 11) is 0. The highest BCUT2D eigenvalue weighted by Gasteiger charge is 2.42. The van der Waals surface area contributed by atoms with E-state index in [1.54, 1.807) is 18.1 Å². The van der Waals surface area contributed by atoms with Gasteiger partial charge in [-0.05, 0) is 97.3 Å². The van der Waals surface area contributed by atoms with Gasteiger partial charge in [-0.1, -0.05) is 151 Å². The van der Waals surface area contributed by atoms with E-state index in [-0.39, 0.29) is 18.0 Å². The number of fused-ring (bicyclic) bond motifs is 6. The molecule has 1 aromatic heterocycles. The molecule has 1 aliphatic rings. The molecule has 0 bridgehead atoms. The number of esters is 1. The summed E-state index contributed by atoms with van der Waals surface area (Å²) in [5, 5.41) is 2.55. The summed E-state index contributed by atoms with van der Waals surface area (Å²) < 4.78 is 13.5. The standard InChI is InChI=1S/C51H65NO3/c1-7-9-11-13-15-17-27-51(28-18-16-14-12-10-8-2)46-34-39(6)19-23-42(46)43-24-21-41(36-47(43)51)40-22-26-49-45(35-40)44-33-38(5)20-25-48(44)52(49)29-30-54-31-32-55-50(53)37(3)4/h19-26,33-36H,3,7-18,27-32H2,1-2,4-6H3. The van der Waals surface area contributed by atoms with Crippen molar-refractivity contribution in [2.45, 2.75) is 136 Å². The maximum absolute atomic E-state index is 11.7. The summed E-state index contributed by atoms with van der Waals surface area (Å²) in [6.45, 7) is 16.2. The fraction of sp³-hybridized carbons (Fsp3) is 0.471. The largest absolute Gasteiger partial charge is 0.460 e. The SMILES string of the molecule is C=C(C)C(=O)OCCOCCn1c2ccc(C)cc2c2cc(-c3ccc4c(c3)C(CCCCCCCC)(CCCCCCCC)c3cc(C)ccc3-4)ccc21. The molecule has 0 atom stereocenters. The van der Waals surface area contributed by atoms with Crippen molar-refractivity contribution in [1.29, 1.82) is 0 Å². The average Bonchev–Trinajstić information content (AvgIpc) is 3.63. The molecule has 0 saturated heterocycles. The summed E-state index contributed by atoms with van der Waals surface area (Å²) in [4.78, 5) is 11.7. The summed E-state index contributed by atoms with van der Waals surface area (Å²) >= 11 is 0. The van der Waals surface area contributed by atoms with Crippen molar-refractivity contribution in [2.75, 3.05) is 19.8 Å². The molecule has 0 unspecified atom stereocenters. The monoisotopic (exact) mass is 739 g/mol. The van der Waals surface area contributed by atoms with E-state index in [0.29, 0.717) is 25.3 Å². The van der Waals surface area contributed by atoms with E-state index in [2.05, 4.69) is 112 Å². The maximum atomic E-state index is 11.7. The van der Waals surface area contributed by atoms with Crippen molar-refractivity contribution in [1.82, 2.24) is 4.57 Å².